The standard InChI is InChI=1S/C15H24N2O/c1-5-18-14-10-13(15(14,3)4)17-11(2)12-8-6-7-9-16-12/h6-9,11,13-14,17H,5,10H2,1-4H3/t11-,13?,14?/m0/s1. The van der Waals surface area contributed by atoms with Crippen molar-refractivity contribution >= 4 is 0 Å². The molecule has 0 bridgehead atoms. The molecule has 0 spiro atoms. The monoisotopic (exact) mass is 248 g/mol. The van der Waals surface area contributed by atoms with Crippen molar-refractivity contribution in [3.05, 3.63) is 30.1 Å². The average molecular weight is 248 g/mol. The second kappa shape index (κ2) is 5.37. The van der Waals surface area contributed by atoms with Gasteiger partial charge in [-0.25, -0.2) is 0 Å². The summed E-state index contributed by atoms with van der Waals surface area (Å²) in [5.74, 6) is 0. The number of nitrogens with one attached hydrogen (secondary N) is 1. The molecule has 3 nitrogen and oxygen atoms in total. The van der Waals surface area contributed by atoms with Crippen LogP contribution in [0.4, 0.5) is 0 Å². The van der Waals surface area contributed by atoms with Crippen LogP contribution in [0.3, 0.4) is 0 Å². The fraction of sp³-hybridized carbons (Fsp3) is 0.667. The predicted octanol–water partition coefficient (Wildman–Crippen LogP) is 2.94. The largest absolute Gasteiger partial charge is 0.378 e. The molecule has 18 heavy (non-hydrogen) atoms. The number of hydrogen-bond donors (Lipinski definition) is 1. The zero-order valence-corrected chi connectivity index (χ0v) is 11.8. The Labute approximate surface area is 110 Å². The van der Waals surface area contributed by atoms with Crippen LogP contribution in [0.1, 0.15) is 45.9 Å². The lowest BCUT2D eigenvalue weighted by molar-refractivity contribution is -0.116. The fourth-order valence-corrected chi connectivity index (χ4v) is 2.67. The molecule has 1 N–H and O–H groups in total. The van der Waals surface area contributed by atoms with Gasteiger partial charge in [-0.2, -0.15) is 0 Å². The summed E-state index contributed by atoms with van der Waals surface area (Å²) in [6, 6.07) is 6.86. The number of nitrogens with zero attached hydrogens (tertiary/aromatic N) is 1. The molecule has 1 aromatic heterocycles. The van der Waals surface area contributed by atoms with Gasteiger partial charge in [0.1, 0.15) is 0 Å². The fourth-order valence-electron chi connectivity index (χ4n) is 2.67. The van der Waals surface area contributed by atoms with E-state index in [1.165, 1.54) is 0 Å². The number of hydrogen-bond acceptors (Lipinski definition) is 3. The van der Waals surface area contributed by atoms with Gasteiger partial charge < -0.3 is 10.1 Å². The van der Waals surface area contributed by atoms with Crippen LogP contribution in [0.25, 0.3) is 0 Å². The molecule has 0 saturated heterocycles. The molecule has 1 heterocycles. The first-order chi connectivity index (χ1) is 8.55. The molecule has 100 valence electrons. The van der Waals surface area contributed by atoms with Gasteiger partial charge in [-0.3, -0.25) is 4.98 Å². The summed E-state index contributed by atoms with van der Waals surface area (Å²) in [6.07, 6.45) is 3.33. The predicted molar refractivity (Wildman–Crippen MR) is 73.4 cm³/mol. The van der Waals surface area contributed by atoms with Crippen molar-refractivity contribution in [3.8, 4) is 0 Å². The molecule has 1 saturated carbocycles. The van der Waals surface area contributed by atoms with E-state index in [-0.39, 0.29) is 11.5 Å². The number of pyridine rings is 1. The number of ether oxygens (including phenoxy) is 1. The van der Waals surface area contributed by atoms with E-state index in [2.05, 4.69) is 44.1 Å². The first kappa shape index (κ1) is 13.5. The molecule has 0 aromatic carbocycles. The minimum atomic E-state index is 0.207. The van der Waals surface area contributed by atoms with Crippen molar-refractivity contribution in [2.45, 2.75) is 52.3 Å². The Balaban J connectivity index is 1.92. The summed E-state index contributed by atoms with van der Waals surface area (Å²) in [5, 5.41) is 3.67. The molecule has 3 heteroatoms. The summed E-state index contributed by atoms with van der Waals surface area (Å²) >= 11 is 0. The van der Waals surface area contributed by atoms with Gasteiger partial charge in [0.25, 0.3) is 0 Å². The van der Waals surface area contributed by atoms with Gasteiger partial charge in [0, 0.05) is 30.3 Å². The van der Waals surface area contributed by atoms with Crippen molar-refractivity contribution in [2.24, 2.45) is 5.41 Å². The normalized spacial score (nSPS) is 27.6. The minimum Gasteiger partial charge on any atom is -0.378 e. The highest BCUT2D eigenvalue weighted by atomic mass is 16.5. The van der Waals surface area contributed by atoms with Crippen molar-refractivity contribution in [3.63, 3.8) is 0 Å². The van der Waals surface area contributed by atoms with Gasteiger partial charge in [-0.1, -0.05) is 19.9 Å². The highest BCUT2D eigenvalue weighted by Crippen LogP contribution is 2.43. The first-order valence-corrected chi connectivity index (χ1v) is 6.84. The van der Waals surface area contributed by atoms with Crippen LogP contribution in [0, 0.1) is 5.41 Å². The minimum absolute atomic E-state index is 0.207. The van der Waals surface area contributed by atoms with Crippen LogP contribution in [0.5, 0.6) is 0 Å². The van der Waals surface area contributed by atoms with E-state index in [0.717, 1.165) is 18.7 Å². The summed E-state index contributed by atoms with van der Waals surface area (Å²) in [5.41, 5.74) is 1.31. The summed E-state index contributed by atoms with van der Waals surface area (Å²) in [4.78, 5) is 4.40. The first-order valence-electron chi connectivity index (χ1n) is 6.84. The molecule has 3 atom stereocenters. The summed E-state index contributed by atoms with van der Waals surface area (Å²) in [6.45, 7) is 9.59. The lowest BCUT2D eigenvalue weighted by atomic mass is 9.64. The van der Waals surface area contributed by atoms with Crippen LogP contribution >= 0.6 is 0 Å². The Hall–Kier alpha value is -0.930. The topological polar surface area (TPSA) is 34.1 Å². The lowest BCUT2D eigenvalue weighted by Crippen LogP contribution is -2.61. The summed E-state index contributed by atoms with van der Waals surface area (Å²) in [7, 11) is 0. The third-order valence-electron chi connectivity index (χ3n) is 4.13. The maximum Gasteiger partial charge on any atom is 0.0655 e. The molecule has 2 unspecified atom stereocenters. The van der Waals surface area contributed by atoms with E-state index in [1.807, 2.05) is 18.3 Å². The molecule has 1 aromatic rings. The molecule has 1 aliphatic rings. The van der Waals surface area contributed by atoms with Crippen molar-refractivity contribution in [2.75, 3.05) is 6.61 Å². The smallest absolute Gasteiger partial charge is 0.0655 e. The molecule has 1 fully saturated rings. The van der Waals surface area contributed by atoms with E-state index < -0.39 is 0 Å². The molecule has 1 aliphatic carbocycles. The van der Waals surface area contributed by atoms with Gasteiger partial charge in [0.05, 0.1) is 11.8 Å². The van der Waals surface area contributed by atoms with E-state index in [0.29, 0.717) is 12.1 Å². The quantitative estimate of drug-likeness (QED) is 0.870. The molecule has 0 aliphatic heterocycles. The van der Waals surface area contributed by atoms with Crippen molar-refractivity contribution < 1.29 is 4.74 Å². The van der Waals surface area contributed by atoms with Gasteiger partial charge in [0.2, 0.25) is 0 Å². The van der Waals surface area contributed by atoms with Crippen molar-refractivity contribution in [1.29, 1.82) is 0 Å². The molecule has 0 amide bonds. The highest BCUT2D eigenvalue weighted by molar-refractivity contribution is 5.10. The van der Waals surface area contributed by atoms with Gasteiger partial charge in [-0.05, 0) is 32.4 Å². The Bertz CT molecular complexity index is 377. The van der Waals surface area contributed by atoms with E-state index in [9.17, 15) is 0 Å². The number of aromatic nitrogens is 1. The van der Waals surface area contributed by atoms with Crippen molar-refractivity contribution in [1.82, 2.24) is 10.3 Å². The third kappa shape index (κ3) is 2.57. The zero-order chi connectivity index (χ0) is 13.2. The Morgan fingerprint density at radius 3 is 2.83 bits per heavy atom. The average Bonchev–Trinajstić information content (AvgIpc) is 2.38. The van der Waals surface area contributed by atoms with Crippen LogP contribution < -0.4 is 5.32 Å². The van der Waals surface area contributed by atoms with E-state index in [1.54, 1.807) is 0 Å². The third-order valence-corrected chi connectivity index (χ3v) is 4.13. The second-order valence-electron chi connectivity index (χ2n) is 5.70. The Morgan fingerprint density at radius 2 is 2.28 bits per heavy atom. The van der Waals surface area contributed by atoms with Crippen LogP contribution in [0.15, 0.2) is 24.4 Å². The van der Waals surface area contributed by atoms with Crippen LogP contribution in [0.2, 0.25) is 0 Å². The lowest BCUT2D eigenvalue weighted by Gasteiger charge is -2.52. The second-order valence-corrected chi connectivity index (χ2v) is 5.70. The van der Waals surface area contributed by atoms with Crippen LogP contribution in [-0.2, 0) is 4.74 Å². The van der Waals surface area contributed by atoms with E-state index in [4.69, 9.17) is 4.74 Å². The summed E-state index contributed by atoms with van der Waals surface area (Å²) < 4.78 is 5.75. The van der Waals surface area contributed by atoms with Gasteiger partial charge in [-0.15, -0.1) is 0 Å². The maximum absolute atomic E-state index is 5.75. The Kier molecular flexibility index (Phi) is 4.03. The number of rotatable bonds is 5. The molecule has 2 rings (SSSR count). The van der Waals surface area contributed by atoms with Gasteiger partial charge in [0.15, 0.2) is 0 Å². The van der Waals surface area contributed by atoms with E-state index >= 15 is 0 Å². The SMILES string of the molecule is CCOC1CC(N[C@@H](C)c2ccccn2)C1(C)C. The highest BCUT2D eigenvalue weighted by Gasteiger charge is 2.49. The molecule has 0 radical (unpaired) electrons. The Morgan fingerprint density at radius 1 is 1.50 bits per heavy atom. The molecular formula is C15H24N2O. The maximum atomic E-state index is 5.75. The molecular weight excluding hydrogens is 224 g/mol. The van der Waals surface area contributed by atoms with Gasteiger partial charge >= 0.3 is 0 Å². The zero-order valence-electron chi connectivity index (χ0n) is 11.8. The van der Waals surface area contributed by atoms with Crippen LogP contribution in [-0.4, -0.2) is 23.7 Å².